The first-order chi connectivity index (χ1) is 15.9. The summed E-state index contributed by atoms with van der Waals surface area (Å²) in [6.07, 6.45) is 3.91. The maximum absolute atomic E-state index is 12.8. The quantitative estimate of drug-likeness (QED) is 0.440. The number of anilines is 2. The molecular weight excluding hydrogens is 418 g/mol. The Morgan fingerprint density at radius 3 is 2.30 bits per heavy atom. The monoisotopic (exact) mass is 447 g/mol. The number of ether oxygens (including phenoxy) is 2. The van der Waals surface area contributed by atoms with Gasteiger partial charge >= 0.3 is 0 Å². The molecule has 0 spiro atoms. The molecule has 172 valence electrons. The van der Waals surface area contributed by atoms with Gasteiger partial charge in [-0.15, -0.1) is 0 Å². The van der Waals surface area contributed by atoms with E-state index in [4.69, 9.17) is 9.47 Å². The van der Waals surface area contributed by atoms with Crippen LogP contribution in [0.15, 0.2) is 67.0 Å². The van der Waals surface area contributed by atoms with Gasteiger partial charge in [0.2, 0.25) is 5.91 Å². The number of rotatable bonds is 10. The largest absolute Gasteiger partial charge is 0.490 e. The van der Waals surface area contributed by atoms with Crippen LogP contribution < -0.4 is 20.1 Å². The SMILES string of the molecule is CCOc1cc(C(=O)Nc2ccc(NC(=O)CC(C)C)cc2)ccc1OCc1cccnc1. The highest BCUT2D eigenvalue weighted by Crippen LogP contribution is 2.29. The molecule has 0 aliphatic rings. The van der Waals surface area contributed by atoms with Crippen molar-refractivity contribution in [3.8, 4) is 11.5 Å². The molecule has 7 heteroatoms. The van der Waals surface area contributed by atoms with Crippen LogP contribution in [0.4, 0.5) is 11.4 Å². The Bertz CT molecular complexity index is 1070. The van der Waals surface area contributed by atoms with Crippen molar-refractivity contribution in [1.29, 1.82) is 0 Å². The predicted molar refractivity (Wildman–Crippen MR) is 129 cm³/mol. The van der Waals surface area contributed by atoms with E-state index in [0.717, 1.165) is 5.56 Å². The Hall–Kier alpha value is -3.87. The summed E-state index contributed by atoms with van der Waals surface area (Å²) in [4.78, 5) is 28.7. The summed E-state index contributed by atoms with van der Waals surface area (Å²) in [5.74, 6) is 1.04. The third-order valence-electron chi connectivity index (χ3n) is 4.64. The number of carbonyl (C=O) groups excluding carboxylic acids is 2. The van der Waals surface area contributed by atoms with Crippen LogP contribution >= 0.6 is 0 Å². The van der Waals surface area contributed by atoms with E-state index >= 15 is 0 Å². The van der Waals surface area contributed by atoms with Crippen LogP contribution in [-0.4, -0.2) is 23.4 Å². The molecule has 7 nitrogen and oxygen atoms in total. The normalized spacial score (nSPS) is 10.5. The summed E-state index contributed by atoms with van der Waals surface area (Å²) in [6, 6.07) is 15.9. The van der Waals surface area contributed by atoms with Gasteiger partial charge in [-0.1, -0.05) is 19.9 Å². The first-order valence-electron chi connectivity index (χ1n) is 10.9. The first kappa shape index (κ1) is 23.8. The molecule has 2 amide bonds. The lowest BCUT2D eigenvalue weighted by Crippen LogP contribution is -2.14. The molecule has 0 fully saturated rings. The molecule has 0 aliphatic carbocycles. The molecule has 0 saturated heterocycles. The van der Waals surface area contributed by atoms with Crippen molar-refractivity contribution in [1.82, 2.24) is 4.98 Å². The van der Waals surface area contributed by atoms with Crippen molar-refractivity contribution in [3.05, 3.63) is 78.1 Å². The van der Waals surface area contributed by atoms with Crippen LogP contribution in [-0.2, 0) is 11.4 Å². The number of hydrogen-bond acceptors (Lipinski definition) is 5. The number of nitrogens with zero attached hydrogens (tertiary/aromatic N) is 1. The van der Waals surface area contributed by atoms with Crippen molar-refractivity contribution in [3.63, 3.8) is 0 Å². The molecule has 33 heavy (non-hydrogen) atoms. The topological polar surface area (TPSA) is 89.6 Å². The Morgan fingerprint density at radius 1 is 0.939 bits per heavy atom. The molecule has 0 aliphatic heterocycles. The Labute approximate surface area is 194 Å². The molecule has 0 atom stereocenters. The number of amides is 2. The summed E-state index contributed by atoms with van der Waals surface area (Å²) >= 11 is 0. The minimum Gasteiger partial charge on any atom is -0.490 e. The minimum atomic E-state index is -0.272. The molecule has 3 rings (SSSR count). The average molecular weight is 448 g/mol. The third-order valence-corrected chi connectivity index (χ3v) is 4.64. The summed E-state index contributed by atoms with van der Waals surface area (Å²) in [5, 5.41) is 5.71. The lowest BCUT2D eigenvalue weighted by molar-refractivity contribution is -0.116. The van der Waals surface area contributed by atoms with E-state index in [-0.39, 0.29) is 17.7 Å². The third kappa shape index (κ3) is 7.35. The van der Waals surface area contributed by atoms with E-state index in [1.165, 1.54) is 0 Å². The van der Waals surface area contributed by atoms with Gasteiger partial charge in [-0.05, 0) is 61.4 Å². The van der Waals surface area contributed by atoms with E-state index in [9.17, 15) is 9.59 Å². The highest BCUT2D eigenvalue weighted by atomic mass is 16.5. The zero-order valence-electron chi connectivity index (χ0n) is 19.1. The smallest absolute Gasteiger partial charge is 0.255 e. The average Bonchev–Trinajstić information content (AvgIpc) is 2.80. The minimum absolute atomic E-state index is 0.0314. The van der Waals surface area contributed by atoms with E-state index in [1.54, 1.807) is 54.9 Å². The Balaban J connectivity index is 1.64. The van der Waals surface area contributed by atoms with Crippen molar-refractivity contribution >= 4 is 23.2 Å². The second kappa shape index (κ2) is 11.7. The molecule has 3 aromatic rings. The number of benzene rings is 2. The highest BCUT2D eigenvalue weighted by Gasteiger charge is 2.13. The Kier molecular flexibility index (Phi) is 8.41. The number of nitrogens with one attached hydrogen (secondary N) is 2. The van der Waals surface area contributed by atoms with Gasteiger partial charge in [0.05, 0.1) is 6.61 Å². The molecule has 0 unspecified atom stereocenters. The standard InChI is InChI=1S/C26H29N3O4/c1-4-32-24-15-20(7-12-23(24)33-17-19-6-5-13-27-16-19)26(31)29-22-10-8-21(9-11-22)28-25(30)14-18(2)3/h5-13,15-16,18H,4,14,17H2,1-3H3,(H,28,30)(H,29,31). The predicted octanol–water partition coefficient (Wildman–Crippen LogP) is 5.30. The Morgan fingerprint density at radius 2 is 1.67 bits per heavy atom. The fourth-order valence-electron chi connectivity index (χ4n) is 3.10. The lowest BCUT2D eigenvalue weighted by atomic mass is 10.1. The summed E-state index contributed by atoms with van der Waals surface area (Å²) in [6.45, 7) is 6.65. The zero-order chi connectivity index (χ0) is 23.6. The van der Waals surface area contributed by atoms with Gasteiger partial charge < -0.3 is 20.1 Å². The van der Waals surface area contributed by atoms with Gasteiger partial charge in [0.15, 0.2) is 11.5 Å². The van der Waals surface area contributed by atoms with Gasteiger partial charge in [-0.25, -0.2) is 0 Å². The highest BCUT2D eigenvalue weighted by molar-refractivity contribution is 6.04. The van der Waals surface area contributed by atoms with Crippen LogP contribution in [0, 0.1) is 5.92 Å². The number of pyridine rings is 1. The van der Waals surface area contributed by atoms with E-state index in [1.807, 2.05) is 32.9 Å². The second-order valence-corrected chi connectivity index (χ2v) is 7.92. The maximum atomic E-state index is 12.8. The van der Waals surface area contributed by atoms with Gasteiger partial charge in [-0.3, -0.25) is 14.6 Å². The summed E-state index contributed by atoms with van der Waals surface area (Å²) < 4.78 is 11.6. The van der Waals surface area contributed by atoms with Gasteiger partial charge in [-0.2, -0.15) is 0 Å². The van der Waals surface area contributed by atoms with Crippen LogP contribution in [0.1, 0.15) is 43.1 Å². The van der Waals surface area contributed by atoms with Crippen LogP contribution in [0.5, 0.6) is 11.5 Å². The summed E-state index contributed by atoms with van der Waals surface area (Å²) in [7, 11) is 0. The second-order valence-electron chi connectivity index (χ2n) is 7.92. The van der Waals surface area contributed by atoms with Crippen LogP contribution in [0.3, 0.4) is 0 Å². The molecule has 0 saturated carbocycles. The van der Waals surface area contributed by atoms with Crippen molar-refractivity contribution in [2.24, 2.45) is 5.92 Å². The molecule has 2 aromatic carbocycles. The lowest BCUT2D eigenvalue weighted by Gasteiger charge is -2.14. The van der Waals surface area contributed by atoms with Crippen molar-refractivity contribution in [2.75, 3.05) is 17.2 Å². The van der Waals surface area contributed by atoms with E-state index in [2.05, 4.69) is 15.6 Å². The van der Waals surface area contributed by atoms with Crippen molar-refractivity contribution in [2.45, 2.75) is 33.8 Å². The summed E-state index contributed by atoms with van der Waals surface area (Å²) in [5.41, 5.74) is 2.69. The number of carbonyl (C=O) groups is 2. The maximum Gasteiger partial charge on any atom is 0.255 e. The first-order valence-corrected chi connectivity index (χ1v) is 10.9. The van der Waals surface area contributed by atoms with E-state index < -0.39 is 0 Å². The van der Waals surface area contributed by atoms with Gasteiger partial charge in [0, 0.05) is 41.3 Å². The fourth-order valence-corrected chi connectivity index (χ4v) is 3.10. The van der Waals surface area contributed by atoms with Gasteiger partial charge in [0.25, 0.3) is 5.91 Å². The zero-order valence-corrected chi connectivity index (χ0v) is 19.1. The molecule has 0 radical (unpaired) electrons. The molecular formula is C26H29N3O4. The molecule has 0 bridgehead atoms. The molecule has 1 heterocycles. The van der Waals surface area contributed by atoms with Crippen LogP contribution in [0.2, 0.25) is 0 Å². The molecule has 2 N–H and O–H groups in total. The van der Waals surface area contributed by atoms with Gasteiger partial charge in [0.1, 0.15) is 6.61 Å². The number of hydrogen-bond donors (Lipinski definition) is 2. The molecule has 1 aromatic heterocycles. The van der Waals surface area contributed by atoms with Crippen LogP contribution in [0.25, 0.3) is 0 Å². The van der Waals surface area contributed by atoms with E-state index in [0.29, 0.717) is 48.1 Å². The number of aromatic nitrogens is 1. The van der Waals surface area contributed by atoms with Crippen molar-refractivity contribution < 1.29 is 19.1 Å². The fraction of sp³-hybridized carbons (Fsp3) is 0.269.